The summed E-state index contributed by atoms with van der Waals surface area (Å²) < 4.78 is 0. The molecule has 0 aromatic rings. The van der Waals surface area contributed by atoms with Crippen LogP contribution in [0.3, 0.4) is 0 Å². The summed E-state index contributed by atoms with van der Waals surface area (Å²) >= 11 is 0. The molecular formula is C32H64O3. The van der Waals surface area contributed by atoms with E-state index in [-0.39, 0.29) is 0 Å². The van der Waals surface area contributed by atoms with Gasteiger partial charge in [0.15, 0.2) is 0 Å². The van der Waals surface area contributed by atoms with Crippen molar-refractivity contribution in [2.75, 3.05) is 0 Å². The van der Waals surface area contributed by atoms with Gasteiger partial charge in [0.2, 0.25) is 0 Å². The van der Waals surface area contributed by atoms with Gasteiger partial charge >= 0.3 is 0 Å². The summed E-state index contributed by atoms with van der Waals surface area (Å²) in [6.45, 7) is 16.5. The van der Waals surface area contributed by atoms with E-state index in [1.807, 2.05) is 13.8 Å². The van der Waals surface area contributed by atoms with E-state index in [0.717, 1.165) is 57.8 Å². The van der Waals surface area contributed by atoms with Gasteiger partial charge in [-0.25, -0.2) is 0 Å². The zero-order chi connectivity index (χ0) is 27.6. The average molecular weight is 497 g/mol. The Morgan fingerprint density at radius 3 is 1.31 bits per heavy atom. The Morgan fingerprint density at radius 2 is 0.914 bits per heavy atom. The third-order valence-electron chi connectivity index (χ3n) is 5.25. The molecule has 0 amide bonds. The number of hydrogen-bond acceptors (Lipinski definition) is 3. The molecule has 3 nitrogen and oxygen atoms in total. The zero-order valence-corrected chi connectivity index (χ0v) is 25.3. The summed E-state index contributed by atoms with van der Waals surface area (Å²) in [6.07, 6.45) is 25.0. The number of hydrogen-bond donors (Lipinski definition) is 0. The minimum absolute atomic E-state index is 0.325. The van der Waals surface area contributed by atoms with Gasteiger partial charge in [0.25, 0.3) is 0 Å². The van der Waals surface area contributed by atoms with E-state index in [2.05, 4.69) is 46.8 Å². The second kappa shape index (κ2) is 39.9. The van der Waals surface area contributed by atoms with Gasteiger partial charge < -0.3 is 4.79 Å². The predicted octanol–water partition coefficient (Wildman–Crippen LogP) is 10.8. The fourth-order valence-corrected chi connectivity index (χ4v) is 2.90. The Labute approximate surface area is 221 Å². The number of unbranched alkanes of at least 4 members (excludes halogenated alkanes) is 8. The lowest BCUT2D eigenvalue weighted by Crippen LogP contribution is -1.95. The molecule has 0 spiro atoms. The second-order valence-corrected chi connectivity index (χ2v) is 9.30. The first-order valence-corrected chi connectivity index (χ1v) is 15.0. The van der Waals surface area contributed by atoms with E-state index in [1.165, 1.54) is 57.8 Å². The first-order chi connectivity index (χ1) is 16.8. The molecule has 0 aromatic carbocycles. The fraction of sp³-hybridized carbons (Fsp3) is 0.844. The minimum Gasteiger partial charge on any atom is -0.300 e. The standard InChI is InChI=1S/3C8H16O.C8H16/c1-3-4-5-6-7-8(2)9;1-3-5-6-7-8(9)4-2;1-3-5-7-8(9)6-4-2;1-3-5-7-8-6-4-2/h3*3-7H2,1-2H3;7-8H,3-6H2,1-2H3/b;;;8-7+. The number of carbonyl (C=O) groups excluding carboxylic acids is 3. The molecule has 35 heavy (non-hydrogen) atoms. The van der Waals surface area contributed by atoms with Crippen LogP contribution < -0.4 is 0 Å². The van der Waals surface area contributed by atoms with Crippen molar-refractivity contribution < 1.29 is 14.4 Å². The maximum absolute atomic E-state index is 10.8. The lowest BCUT2D eigenvalue weighted by Gasteiger charge is -1.94. The van der Waals surface area contributed by atoms with Crippen molar-refractivity contribution in [2.45, 2.75) is 177 Å². The molecule has 210 valence electrons. The van der Waals surface area contributed by atoms with Gasteiger partial charge in [-0.2, -0.15) is 0 Å². The van der Waals surface area contributed by atoms with E-state index >= 15 is 0 Å². The van der Waals surface area contributed by atoms with Crippen LogP contribution in [0.15, 0.2) is 12.2 Å². The Kier molecular flexibility index (Phi) is 46.7. The summed E-state index contributed by atoms with van der Waals surface area (Å²) in [6, 6.07) is 0. The monoisotopic (exact) mass is 496 g/mol. The molecule has 0 saturated heterocycles. The highest BCUT2D eigenvalue weighted by atomic mass is 16.1. The van der Waals surface area contributed by atoms with E-state index in [9.17, 15) is 14.4 Å². The molecule has 0 rings (SSSR count). The number of allylic oxidation sites excluding steroid dienone is 2. The quantitative estimate of drug-likeness (QED) is 0.132. The highest BCUT2D eigenvalue weighted by Crippen LogP contribution is 2.02. The van der Waals surface area contributed by atoms with Gasteiger partial charge in [-0.3, -0.25) is 9.59 Å². The van der Waals surface area contributed by atoms with Crippen molar-refractivity contribution in [1.29, 1.82) is 0 Å². The van der Waals surface area contributed by atoms with E-state index in [0.29, 0.717) is 23.8 Å². The third-order valence-corrected chi connectivity index (χ3v) is 5.25. The number of carbonyl (C=O) groups is 3. The van der Waals surface area contributed by atoms with Gasteiger partial charge in [0.05, 0.1) is 0 Å². The van der Waals surface area contributed by atoms with Crippen LogP contribution >= 0.6 is 0 Å². The van der Waals surface area contributed by atoms with Gasteiger partial charge in [-0.15, -0.1) is 0 Å². The molecule has 0 aliphatic carbocycles. The summed E-state index contributed by atoms with van der Waals surface area (Å²) in [5.41, 5.74) is 0. The van der Waals surface area contributed by atoms with Gasteiger partial charge in [-0.1, -0.05) is 112 Å². The fourth-order valence-electron chi connectivity index (χ4n) is 2.90. The van der Waals surface area contributed by atoms with E-state index in [1.54, 1.807) is 6.92 Å². The average Bonchev–Trinajstić information content (AvgIpc) is 2.84. The molecule has 0 aliphatic heterocycles. The molecule has 0 fully saturated rings. The van der Waals surface area contributed by atoms with Crippen molar-refractivity contribution in [3.8, 4) is 0 Å². The van der Waals surface area contributed by atoms with Crippen LogP contribution in [-0.2, 0) is 14.4 Å². The van der Waals surface area contributed by atoms with E-state index < -0.39 is 0 Å². The third kappa shape index (κ3) is 54.9. The molecule has 3 heteroatoms. The molecule has 0 heterocycles. The highest BCUT2D eigenvalue weighted by molar-refractivity contribution is 5.78. The molecule has 0 saturated carbocycles. The molecule has 0 atom stereocenters. The number of rotatable bonds is 19. The Morgan fingerprint density at radius 1 is 0.457 bits per heavy atom. The SMILES string of the molecule is CCC/C=C/CCC.CCCCC(=O)CCC.CCCCCC(=O)CC.CCCCCCC(C)=O. The number of ketones is 3. The van der Waals surface area contributed by atoms with Crippen molar-refractivity contribution in [3.05, 3.63) is 12.2 Å². The maximum Gasteiger partial charge on any atom is 0.132 e. The van der Waals surface area contributed by atoms with Crippen molar-refractivity contribution in [2.24, 2.45) is 0 Å². The Balaban J connectivity index is -0.000000183. The van der Waals surface area contributed by atoms with Gasteiger partial charge in [0, 0.05) is 32.1 Å². The minimum atomic E-state index is 0.325. The van der Waals surface area contributed by atoms with Crippen LogP contribution in [0, 0.1) is 0 Å². The Bertz CT molecular complexity index is 444. The van der Waals surface area contributed by atoms with Crippen LogP contribution in [0.4, 0.5) is 0 Å². The molecule has 0 aliphatic rings. The van der Waals surface area contributed by atoms with Crippen molar-refractivity contribution in [1.82, 2.24) is 0 Å². The summed E-state index contributed by atoms with van der Waals surface area (Å²) in [5.74, 6) is 1.16. The van der Waals surface area contributed by atoms with Crippen molar-refractivity contribution in [3.63, 3.8) is 0 Å². The lowest BCUT2D eigenvalue weighted by atomic mass is 10.1. The zero-order valence-electron chi connectivity index (χ0n) is 25.3. The van der Waals surface area contributed by atoms with Crippen LogP contribution in [0.2, 0.25) is 0 Å². The van der Waals surface area contributed by atoms with Crippen LogP contribution in [0.1, 0.15) is 177 Å². The van der Waals surface area contributed by atoms with Crippen LogP contribution in [-0.4, -0.2) is 17.3 Å². The highest BCUT2D eigenvalue weighted by Gasteiger charge is 1.97. The molecule has 0 N–H and O–H groups in total. The second-order valence-electron chi connectivity index (χ2n) is 9.30. The largest absolute Gasteiger partial charge is 0.300 e. The topological polar surface area (TPSA) is 51.2 Å². The Hall–Kier alpha value is -1.25. The summed E-state index contributed by atoms with van der Waals surface area (Å²) in [4.78, 5) is 31.9. The van der Waals surface area contributed by atoms with Crippen molar-refractivity contribution >= 4 is 17.3 Å². The van der Waals surface area contributed by atoms with E-state index in [4.69, 9.17) is 0 Å². The van der Waals surface area contributed by atoms with Gasteiger partial charge in [0.1, 0.15) is 17.3 Å². The predicted molar refractivity (Wildman–Crippen MR) is 157 cm³/mol. The van der Waals surface area contributed by atoms with Gasteiger partial charge in [-0.05, 0) is 45.4 Å². The maximum atomic E-state index is 10.8. The first-order valence-electron chi connectivity index (χ1n) is 15.0. The lowest BCUT2D eigenvalue weighted by molar-refractivity contribution is -0.119. The first kappa shape index (κ1) is 40.9. The molecule has 0 aromatic heterocycles. The summed E-state index contributed by atoms with van der Waals surface area (Å²) in [5, 5.41) is 0. The molecular weight excluding hydrogens is 432 g/mol. The smallest absolute Gasteiger partial charge is 0.132 e. The molecule has 0 radical (unpaired) electrons. The normalized spacial score (nSPS) is 9.83. The molecule has 0 unspecified atom stereocenters. The van der Waals surface area contributed by atoms with Crippen LogP contribution in [0.5, 0.6) is 0 Å². The number of Topliss-reactive ketones (excluding diaryl/α,β-unsaturated/α-hetero) is 3. The summed E-state index contributed by atoms with van der Waals surface area (Å²) in [7, 11) is 0. The molecule has 0 bridgehead atoms. The van der Waals surface area contributed by atoms with Crippen LogP contribution in [0.25, 0.3) is 0 Å².